The summed E-state index contributed by atoms with van der Waals surface area (Å²) in [5.41, 5.74) is 8.64. The van der Waals surface area contributed by atoms with Crippen LogP contribution in [0.25, 0.3) is 10.4 Å². The first kappa shape index (κ1) is 16.3. The first-order chi connectivity index (χ1) is 8.96. The van der Waals surface area contributed by atoms with Gasteiger partial charge in [-0.25, -0.2) is 0 Å². The molecule has 0 heterocycles. The molecule has 0 N–H and O–H groups in total. The molecule has 7 heteroatoms. The maximum Gasteiger partial charge on any atom is 0.264 e. The van der Waals surface area contributed by atoms with Crippen LogP contribution >= 0.6 is 0 Å². The molecule has 0 aromatic carbocycles. The Morgan fingerprint density at radius 1 is 1.37 bits per heavy atom. The van der Waals surface area contributed by atoms with E-state index in [2.05, 4.69) is 10.0 Å². The van der Waals surface area contributed by atoms with Crippen molar-refractivity contribution >= 4 is 10.1 Å². The smallest absolute Gasteiger partial charge is 0.264 e. The van der Waals surface area contributed by atoms with Gasteiger partial charge in [0.25, 0.3) is 10.1 Å². The van der Waals surface area contributed by atoms with Crippen LogP contribution < -0.4 is 0 Å². The highest BCUT2D eigenvalue weighted by molar-refractivity contribution is 7.86. The van der Waals surface area contributed by atoms with Gasteiger partial charge < -0.3 is 0 Å². The van der Waals surface area contributed by atoms with E-state index in [0.717, 1.165) is 38.4 Å². The zero-order valence-corrected chi connectivity index (χ0v) is 12.5. The lowest BCUT2D eigenvalue weighted by Gasteiger charge is -2.25. The first-order valence-electron chi connectivity index (χ1n) is 6.88. The minimum absolute atomic E-state index is 0.0234. The summed E-state index contributed by atoms with van der Waals surface area (Å²) in [6.45, 7) is 1.91. The van der Waals surface area contributed by atoms with Crippen LogP contribution in [-0.4, -0.2) is 26.8 Å². The van der Waals surface area contributed by atoms with Gasteiger partial charge in [-0.2, -0.15) is 8.42 Å². The van der Waals surface area contributed by atoms with Crippen molar-refractivity contribution in [3.8, 4) is 0 Å². The van der Waals surface area contributed by atoms with E-state index in [1.54, 1.807) is 0 Å². The third kappa shape index (κ3) is 6.27. The summed E-state index contributed by atoms with van der Waals surface area (Å²) in [5, 5.41) is 3.88. The van der Waals surface area contributed by atoms with Gasteiger partial charge in [0, 0.05) is 11.0 Å². The second-order valence-electron chi connectivity index (χ2n) is 5.24. The fraction of sp³-hybridized carbons (Fsp3) is 1.00. The molecule has 0 aromatic rings. The molecule has 0 bridgehead atoms. The quantitative estimate of drug-likeness (QED) is 0.246. The Balaban J connectivity index is 2.70. The van der Waals surface area contributed by atoms with Crippen molar-refractivity contribution in [2.75, 3.05) is 6.26 Å². The maximum absolute atomic E-state index is 11.2. The van der Waals surface area contributed by atoms with E-state index in [1.165, 1.54) is 0 Å². The Hall–Kier alpha value is -0.780. The summed E-state index contributed by atoms with van der Waals surface area (Å²) in [5.74, 6) is 0.227. The van der Waals surface area contributed by atoms with Crippen LogP contribution in [0, 0.1) is 5.92 Å². The lowest BCUT2D eigenvalue weighted by Crippen LogP contribution is -2.25. The van der Waals surface area contributed by atoms with Gasteiger partial charge in [-0.05, 0) is 37.1 Å². The summed E-state index contributed by atoms with van der Waals surface area (Å²) in [6.07, 6.45) is 7.26. The van der Waals surface area contributed by atoms with Crippen molar-refractivity contribution in [1.29, 1.82) is 0 Å². The van der Waals surface area contributed by atoms with Gasteiger partial charge in [0.05, 0.1) is 12.4 Å². The molecule has 1 aliphatic carbocycles. The van der Waals surface area contributed by atoms with E-state index in [-0.39, 0.29) is 18.1 Å². The topological polar surface area (TPSA) is 92.1 Å². The molecule has 3 atom stereocenters. The van der Waals surface area contributed by atoms with E-state index >= 15 is 0 Å². The normalized spacial score (nSPS) is 26.2. The molecule has 19 heavy (non-hydrogen) atoms. The van der Waals surface area contributed by atoms with E-state index in [4.69, 9.17) is 9.71 Å². The predicted octanol–water partition coefficient (Wildman–Crippen LogP) is 3.39. The number of azide groups is 1. The summed E-state index contributed by atoms with van der Waals surface area (Å²) in [7, 11) is -3.43. The minimum Gasteiger partial charge on any atom is -0.267 e. The summed E-state index contributed by atoms with van der Waals surface area (Å²) in [6, 6.07) is -0.0234. The van der Waals surface area contributed by atoms with E-state index in [1.807, 2.05) is 6.92 Å². The SMILES string of the molecule is CC[C@@H](C[C@@H]1CCCCC[C@H]1N=[N+]=[N-])OS(C)(=O)=O. The molecule has 0 aliphatic heterocycles. The molecule has 1 aliphatic rings. The third-order valence-electron chi connectivity index (χ3n) is 3.65. The van der Waals surface area contributed by atoms with Crippen molar-refractivity contribution in [2.24, 2.45) is 11.0 Å². The Labute approximate surface area is 115 Å². The molecule has 0 radical (unpaired) electrons. The van der Waals surface area contributed by atoms with Crippen molar-refractivity contribution < 1.29 is 12.6 Å². The van der Waals surface area contributed by atoms with E-state index in [9.17, 15) is 8.42 Å². The van der Waals surface area contributed by atoms with Crippen molar-refractivity contribution in [1.82, 2.24) is 0 Å². The van der Waals surface area contributed by atoms with Crippen LogP contribution in [0.4, 0.5) is 0 Å². The summed E-state index contributed by atoms with van der Waals surface area (Å²) < 4.78 is 27.5. The standard InChI is InChI=1S/C12H23N3O3S/c1-3-11(18-19(2,16)17)9-10-7-5-4-6-8-12(10)14-15-13/h10-12H,3-9H2,1-2H3/t10-,11-,12+/m0/s1. The van der Waals surface area contributed by atoms with Crippen LogP contribution in [0.5, 0.6) is 0 Å². The summed E-state index contributed by atoms with van der Waals surface area (Å²) in [4.78, 5) is 2.92. The average molecular weight is 289 g/mol. The van der Waals surface area contributed by atoms with Crippen LogP contribution in [0.2, 0.25) is 0 Å². The molecule has 0 spiro atoms. The van der Waals surface area contributed by atoms with Crippen LogP contribution in [0.15, 0.2) is 5.11 Å². The van der Waals surface area contributed by atoms with Gasteiger partial charge in [-0.3, -0.25) is 4.18 Å². The highest BCUT2D eigenvalue weighted by Gasteiger charge is 2.27. The number of hydrogen-bond acceptors (Lipinski definition) is 4. The number of hydrogen-bond donors (Lipinski definition) is 0. The fourth-order valence-corrected chi connectivity index (χ4v) is 3.43. The van der Waals surface area contributed by atoms with Crippen LogP contribution in [-0.2, 0) is 14.3 Å². The Bertz CT molecular complexity index is 418. The molecule has 0 aromatic heterocycles. The van der Waals surface area contributed by atoms with Crippen molar-refractivity contribution in [3.63, 3.8) is 0 Å². The van der Waals surface area contributed by atoms with Crippen LogP contribution in [0.1, 0.15) is 51.9 Å². The molecule has 0 unspecified atom stereocenters. The third-order valence-corrected chi connectivity index (χ3v) is 4.27. The molecule has 6 nitrogen and oxygen atoms in total. The Morgan fingerprint density at radius 2 is 2.05 bits per heavy atom. The van der Waals surface area contributed by atoms with E-state index in [0.29, 0.717) is 12.8 Å². The zero-order chi connectivity index (χ0) is 14.3. The fourth-order valence-electron chi connectivity index (χ4n) is 2.72. The average Bonchev–Trinajstić information content (AvgIpc) is 2.53. The molecule has 110 valence electrons. The summed E-state index contributed by atoms with van der Waals surface area (Å²) >= 11 is 0. The largest absolute Gasteiger partial charge is 0.267 e. The number of rotatable bonds is 6. The molecular weight excluding hydrogens is 266 g/mol. The molecule has 0 amide bonds. The second kappa shape index (κ2) is 7.72. The highest BCUT2D eigenvalue weighted by Crippen LogP contribution is 2.31. The van der Waals surface area contributed by atoms with Gasteiger partial charge in [0.15, 0.2) is 0 Å². The van der Waals surface area contributed by atoms with Gasteiger partial charge in [-0.15, -0.1) is 0 Å². The second-order valence-corrected chi connectivity index (χ2v) is 6.84. The molecular formula is C12H23N3O3S. The number of nitrogens with zero attached hydrogens (tertiary/aromatic N) is 3. The zero-order valence-electron chi connectivity index (χ0n) is 11.7. The molecule has 1 saturated carbocycles. The van der Waals surface area contributed by atoms with Crippen molar-refractivity contribution in [3.05, 3.63) is 10.4 Å². The first-order valence-corrected chi connectivity index (χ1v) is 8.70. The molecule has 1 rings (SSSR count). The van der Waals surface area contributed by atoms with Gasteiger partial charge in [0.2, 0.25) is 0 Å². The van der Waals surface area contributed by atoms with Crippen LogP contribution in [0.3, 0.4) is 0 Å². The molecule has 1 fully saturated rings. The van der Waals surface area contributed by atoms with Crippen molar-refractivity contribution in [2.45, 2.75) is 64.0 Å². The monoisotopic (exact) mass is 289 g/mol. The van der Waals surface area contributed by atoms with E-state index < -0.39 is 10.1 Å². The van der Waals surface area contributed by atoms with Gasteiger partial charge in [-0.1, -0.05) is 31.3 Å². The lowest BCUT2D eigenvalue weighted by atomic mass is 9.89. The highest BCUT2D eigenvalue weighted by atomic mass is 32.2. The Kier molecular flexibility index (Phi) is 6.62. The van der Waals surface area contributed by atoms with Gasteiger partial charge >= 0.3 is 0 Å². The Morgan fingerprint density at radius 3 is 2.63 bits per heavy atom. The molecule has 0 saturated heterocycles. The lowest BCUT2D eigenvalue weighted by molar-refractivity contribution is 0.159. The maximum atomic E-state index is 11.2. The minimum atomic E-state index is -3.43. The van der Waals surface area contributed by atoms with Gasteiger partial charge in [0.1, 0.15) is 0 Å². The predicted molar refractivity (Wildman–Crippen MR) is 74.1 cm³/mol.